The van der Waals surface area contributed by atoms with Crippen LogP contribution in [0.2, 0.25) is 0 Å². The molecule has 24 heavy (non-hydrogen) atoms. The number of hydrogen-bond donors (Lipinski definition) is 1. The molecule has 0 radical (unpaired) electrons. The van der Waals surface area contributed by atoms with E-state index in [4.69, 9.17) is 4.74 Å². The molecule has 0 bridgehead atoms. The van der Waals surface area contributed by atoms with E-state index in [1.54, 1.807) is 11.3 Å². The first-order valence-corrected chi connectivity index (χ1v) is 8.61. The van der Waals surface area contributed by atoms with Crippen molar-refractivity contribution in [2.45, 2.75) is 6.04 Å². The molecule has 0 spiro atoms. The number of carbonyl (C=O) groups excluding carboxylic acids is 1. The summed E-state index contributed by atoms with van der Waals surface area (Å²) in [5.41, 5.74) is 0.112. The molecule has 1 N–H and O–H groups in total. The van der Waals surface area contributed by atoms with Crippen LogP contribution in [0.1, 0.15) is 21.3 Å². The highest BCUT2D eigenvalue weighted by atomic mass is 32.1. The maximum atomic E-state index is 13.3. The fraction of sp³-hybridized carbons (Fsp3) is 0.353. The van der Waals surface area contributed by atoms with Gasteiger partial charge in [0.25, 0.3) is 5.91 Å². The van der Waals surface area contributed by atoms with E-state index >= 15 is 0 Å². The minimum absolute atomic E-state index is 0.0446. The normalized spacial score (nSPS) is 16.8. The second kappa shape index (κ2) is 7.83. The van der Waals surface area contributed by atoms with Crippen molar-refractivity contribution in [2.24, 2.45) is 0 Å². The molecular formula is C17H18F2N2O2S. The first-order valence-electron chi connectivity index (χ1n) is 7.73. The largest absolute Gasteiger partial charge is 0.379 e. The van der Waals surface area contributed by atoms with Crippen LogP contribution < -0.4 is 5.32 Å². The highest BCUT2D eigenvalue weighted by Gasteiger charge is 2.24. The lowest BCUT2D eigenvalue weighted by molar-refractivity contribution is 0.0169. The lowest BCUT2D eigenvalue weighted by Crippen LogP contribution is -2.43. The Kier molecular flexibility index (Phi) is 5.55. The summed E-state index contributed by atoms with van der Waals surface area (Å²) >= 11 is 1.63. The molecule has 1 atom stereocenters. The number of halogens is 2. The third kappa shape index (κ3) is 3.98. The number of nitrogens with one attached hydrogen (secondary N) is 1. The topological polar surface area (TPSA) is 41.6 Å². The fourth-order valence-corrected chi connectivity index (χ4v) is 3.57. The van der Waals surface area contributed by atoms with Gasteiger partial charge in [0.05, 0.1) is 19.3 Å². The Morgan fingerprint density at radius 1 is 1.25 bits per heavy atom. The van der Waals surface area contributed by atoms with Crippen molar-refractivity contribution < 1.29 is 18.3 Å². The molecule has 1 aromatic carbocycles. The van der Waals surface area contributed by atoms with Crippen LogP contribution in [0.5, 0.6) is 0 Å². The number of benzene rings is 1. The Labute approximate surface area is 143 Å². The summed E-state index contributed by atoms with van der Waals surface area (Å²) in [7, 11) is 0. The Bertz CT molecular complexity index is 688. The van der Waals surface area contributed by atoms with Gasteiger partial charge in [0, 0.05) is 30.1 Å². The van der Waals surface area contributed by atoms with Crippen LogP contribution >= 0.6 is 11.3 Å². The van der Waals surface area contributed by atoms with Gasteiger partial charge >= 0.3 is 0 Å². The summed E-state index contributed by atoms with van der Waals surface area (Å²) in [4.78, 5) is 15.6. The van der Waals surface area contributed by atoms with Gasteiger partial charge in [-0.15, -0.1) is 11.3 Å². The summed E-state index contributed by atoms with van der Waals surface area (Å²) in [5.74, 6) is -2.40. The molecule has 0 unspecified atom stereocenters. The third-order valence-electron chi connectivity index (χ3n) is 4.00. The zero-order chi connectivity index (χ0) is 16.9. The second-order valence-electron chi connectivity index (χ2n) is 5.52. The zero-order valence-electron chi connectivity index (χ0n) is 13.0. The summed E-state index contributed by atoms with van der Waals surface area (Å²) in [6.45, 7) is 3.32. The average Bonchev–Trinajstić information content (AvgIpc) is 3.12. The van der Waals surface area contributed by atoms with Crippen molar-refractivity contribution >= 4 is 17.2 Å². The number of rotatable bonds is 5. The first-order chi connectivity index (χ1) is 11.6. The molecule has 0 aliphatic carbocycles. The van der Waals surface area contributed by atoms with E-state index in [-0.39, 0.29) is 11.6 Å². The summed E-state index contributed by atoms with van der Waals surface area (Å²) in [6, 6.07) is 7.22. The molecule has 1 aliphatic heterocycles. The maximum absolute atomic E-state index is 13.3. The van der Waals surface area contributed by atoms with E-state index < -0.39 is 17.5 Å². The van der Waals surface area contributed by atoms with Crippen molar-refractivity contribution in [1.29, 1.82) is 0 Å². The minimum Gasteiger partial charge on any atom is -0.379 e. The molecule has 1 amide bonds. The molecule has 2 aromatic rings. The van der Waals surface area contributed by atoms with Crippen molar-refractivity contribution in [3.05, 3.63) is 57.8 Å². The molecule has 4 nitrogen and oxygen atoms in total. The van der Waals surface area contributed by atoms with Crippen LogP contribution in [-0.4, -0.2) is 43.7 Å². The third-order valence-corrected chi connectivity index (χ3v) is 4.97. The average molecular weight is 352 g/mol. The SMILES string of the molecule is O=C(NC[C@@H](c1cccs1)N1CCOCC1)c1ccc(F)c(F)c1. The Balaban J connectivity index is 1.68. The van der Waals surface area contributed by atoms with Gasteiger partial charge in [-0.3, -0.25) is 9.69 Å². The number of amides is 1. The lowest BCUT2D eigenvalue weighted by Gasteiger charge is -2.34. The van der Waals surface area contributed by atoms with E-state index in [1.807, 2.05) is 17.5 Å². The highest BCUT2D eigenvalue weighted by molar-refractivity contribution is 7.10. The maximum Gasteiger partial charge on any atom is 0.251 e. The zero-order valence-corrected chi connectivity index (χ0v) is 13.8. The molecule has 1 aliphatic rings. The van der Waals surface area contributed by atoms with Crippen molar-refractivity contribution in [3.63, 3.8) is 0 Å². The van der Waals surface area contributed by atoms with Crippen LogP contribution in [-0.2, 0) is 4.74 Å². The number of ether oxygens (including phenoxy) is 1. The summed E-state index contributed by atoms with van der Waals surface area (Å²) < 4.78 is 31.6. The monoisotopic (exact) mass is 352 g/mol. The van der Waals surface area contributed by atoms with Crippen LogP contribution in [0.4, 0.5) is 8.78 Å². The second-order valence-corrected chi connectivity index (χ2v) is 6.50. The van der Waals surface area contributed by atoms with Gasteiger partial charge in [0.15, 0.2) is 11.6 Å². The number of thiophene rings is 1. The van der Waals surface area contributed by atoms with Gasteiger partial charge in [0.2, 0.25) is 0 Å². The molecule has 7 heteroatoms. The summed E-state index contributed by atoms with van der Waals surface area (Å²) in [6.07, 6.45) is 0. The fourth-order valence-electron chi connectivity index (χ4n) is 2.71. The summed E-state index contributed by atoms with van der Waals surface area (Å²) in [5, 5.41) is 4.83. The van der Waals surface area contributed by atoms with E-state index in [2.05, 4.69) is 10.2 Å². The molecule has 1 aromatic heterocycles. The van der Waals surface area contributed by atoms with E-state index in [0.717, 1.165) is 30.1 Å². The van der Waals surface area contributed by atoms with Gasteiger partial charge in [-0.05, 0) is 29.6 Å². The molecule has 2 heterocycles. The number of morpholine rings is 1. The lowest BCUT2D eigenvalue weighted by atomic mass is 10.1. The Morgan fingerprint density at radius 3 is 2.71 bits per heavy atom. The van der Waals surface area contributed by atoms with E-state index in [9.17, 15) is 13.6 Å². The first kappa shape index (κ1) is 17.0. The van der Waals surface area contributed by atoms with Crippen molar-refractivity contribution in [1.82, 2.24) is 10.2 Å². The van der Waals surface area contributed by atoms with Crippen LogP contribution in [0.25, 0.3) is 0 Å². The highest BCUT2D eigenvalue weighted by Crippen LogP contribution is 2.25. The van der Waals surface area contributed by atoms with Crippen molar-refractivity contribution in [2.75, 3.05) is 32.8 Å². The van der Waals surface area contributed by atoms with E-state index in [0.29, 0.717) is 19.8 Å². The Hall–Kier alpha value is -1.83. The minimum atomic E-state index is -1.02. The van der Waals surface area contributed by atoms with Crippen LogP contribution in [0.15, 0.2) is 35.7 Å². The predicted molar refractivity (Wildman–Crippen MR) is 88.1 cm³/mol. The Morgan fingerprint density at radius 2 is 2.04 bits per heavy atom. The predicted octanol–water partition coefficient (Wildman–Crippen LogP) is 2.83. The van der Waals surface area contributed by atoms with Gasteiger partial charge in [-0.25, -0.2) is 8.78 Å². The van der Waals surface area contributed by atoms with Gasteiger partial charge in [-0.1, -0.05) is 6.07 Å². The van der Waals surface area contributed by atoms with Crippen LogP contribution in [0.3, 0.4) is 0 Å². The molecule has 3 rings (SSSR count). The molecular weight excluding hydrogens is 334 g/mol. The quantitative estimate of drug-likeness (QED) is 0.900. The smallest absolute Gasteiger partial charge is 0.251 e. The molecule has 0 saturated carbocycles. The number of nitrogens with zero attached hydrogens (tertiary/aromatic N) is 1. The van der Waals surface area contributed by atoms with Crippen molar-refractivity contribution in [3.8, 4) is 0 Å². The van der Waals surface area contributed by atoms with Crippen LogP contribution in [0, 0.1) is 11.6 Å². The molecule has 1 saturated heterocycles. The van der Waals surface area contributed by atoms with Gasteiger partial charge in [-0.2, -0.15) is 0 Å². The van der Waals surface area contributed by atoms with Gasteiger partial charge < -0.3 is 10.1 Å². The molecule has 128 valence electrons. The molecule has 1 fully saturated rings. The van der Waals surface area contributed by atoms with E-state index in [1.165, 1.54) is 6.07 Å². The standard InChI is InChI=1S/C17H18F2N2O2S/c18-13-4-3-12(10-14(13)19)17(22)20-11-15(16-2-1-9-24-16)21-5-7-23-8-6-21/h1-4,9-10,15H,5-8,11H2,(H,20,22)/t15-/m0/s1. The number of carbonyl (C=O) groups is 1. The number of hydrogen-bond acceptors (Lipinski definition) is 4. The van der Waals surface area contributed by atoms with Gasteiger partial charge in [0.1, 0.15) is 0 Å².